The predicted molar refractivity (Wildman–Crippen MR) is 87.1 cm³/mol. The lowest BCUT2D eigenvalue weighted by Crippen LogP contribution is -2.20. The summed E-state index contributed by atoms with van der Waals surface area (Å²) in [7, 11) is 0. The number of nitrogens with zero attached hydrogens (tertiary/aromatic N) is 2. The monoisotopic (exact) mass is 341 g/mol. The molecule has 110 valence electrons. The highest BCUT2D eigenvalue weighted by Gasteiger charge is 1.95. The number of rotatable bonds is 5. The van der Waals surface area contributed by atoms with Crippen molar-refractivity contribution in [1.82, 2.24) is 9.78 Å². The normalized spacial score (nSPS) is 10.8. The van der Waals surface area contributed by atoms with E-state index < -0.39 is 5.69 Å². The van der Waals surface area contributed by atoms with Gasteiger partial charge in [0.2, 0.25) is 0 Å². The second-order valence-corrected chi connectivity index (χ2v) is 8.51. The fourth-order valence-electron chi connectivity index (χ4n) is 1.01. The molecule has 5 nitrogen and oxygen atoms in total. The maximum absolute atomic E-state index is 10.9. The van der Waals surface area contributed by atoms with Crippen LogP contribution in [0.15, 0.2) is 16.9 Å². The lowest BCUT2D eigenvalue weighted by atomic mass is 10.4. The average molecular weight is 341 g/mol. The van der Waals surface area contributed by atoms with Gasteiger partial charge in [-0.15, -0.1) is 0 Å². The van der Waals surface area contributed by atoms with Gasteiger partial charge in [-0.3, -0.25) is 4.79 Å². The first kappa shape index (κ1) is 19.1. The molecule has 0 aliphatic rings. The van der Waals surface area contributed by atoms with Crippen LogP contribution in [0.25, 0.3) is 0 Å². The van der Waals surface area contributed by atoms with Gasteiger partial charge in [-0.2, -0.15) is 17.7 Å². The van der Waals surface area contributed by atoms with Gasteiger partial charge in [0.05, 0.1) is 17.3 Å². The molecule has 0 spiro atoms. The molecule has 0 aliphatic heterocycles. The molecule has 0 saturated heterocycles. The van der Waals surface area contributed by atoms with Gasteiger partial charge in [0, 0.05) is 19.3 Å². The van der Waals surface area contributed by atoms with Crippen molar-refractivity contribution in [3.63, 3.8) is 0 Å². The lowest BCUT2D eigenvalue weighted by molar-refractivity contribution is 0.281. The van der Waals surface area contributed by atoms with Gasteiger partial charge in [0.15, 0.2) is 0 Å². The van der Waals surface area contributed by atoms with Gasteiger partial charge in [-0.1, -0.05) is 11.8 Å². The SMILES string of the molecule is CCOP(=S)([S-])OCC.Cc1ccc(=O)n(CS)n1. The van der Waals surface area contributed by atoms with Crippen molar-refractivity contribution in [3.8, 4) is 0 Å². The Labute approximate surface area is 129 Å². The van der Waals surface area contributed by atoms with Crippen LogP contribution in [0.2, 0.25) is 0 Å². The van der Waals surface area contributed by atoms with E-state index in [0.29, 0.717) is 19.1 Å². The molecule has 0 unspecified atom stereocenters. The molecule has 9 heteroatoms. The summed E-state index contributed by atoms with van der Waals surface area (Å²) in [5.41, 5.74) is -1.56. The van der Waals surface area contributed by atoms with Crippen LogP contribution in [0, 0.1) is 6.92 Å². The second-order valence-electron chi connectivity index (χ2n) is 3.24. The second kappa shape index (κ2) is 9.96. The van der Waals surface area contributed by atoms with E-state index in [-0.39, 0.29) is 5.56 Å². The van der Waals surface area contributed by atoms with Gasteiger partial charge >= 0.3 is 0 Å². The third kappa shape index (κ3) is 8.83. The van der Waals surface area contributed by atoms with Crippen LogP contribution in [0.3, 0.4) is 0 Å². The largest absolute Gasteiger partial charge is 0.691 e. The van der Waals surface area contributed by atoms with Crippen molar-refractivity contribution in [2.24, 2.45) is 0 Å². The van der Waals surface area contributed by atoms with E-state index in [1.807, 2.05) is 20.8 Å². The summed E-state index contributed by atoms with van der Waals surface area (Å²) in [5.74, 6) is 0.334. The minimum Gasteiger partial charge on any atom is -0.691 e. The Morgan fingerprint density at radius 1 is 1.42 bits per heavy atom. The highest BCUT2D eigenvalue weighted by atomic mass is 32.9. The van der Waals surface area contributed by atoms with Crippen LogP contribution in [-0.2, 0) is 39.0 Å². The molecule has 0 radical (unpaired) electrons. The van der Waals surface area contributed by atoms with Gasteiger partial charge in [-0.25, -0.2) is 4.68 Å². The smallest absolute Gasteiger partial charge is 0.267 e. The fraction of sp³-hybridized carbons (Fsp3) is 0.600. The molecular weight excluding hydrogens is 323 g/mol. The van der Waals surface area contributed by atoms with E-state index >= 15 is 0 Å². The van der Waals surface area contributed by atoms with Crippen LogP contribution >= 0.6 is 18.3 Å². The zero-order chi connectivity index (χ0) is 14.9. The molecule has 0 atom stereocenters. The summed E-state index contributed by atoms with van der Waals surface area (Å²) in [4.78, 5) is 10.9. The van der Waals surface area contributed by atoms with Crippen molar-refractivity contribution in [2.45, 2.75) is 26.6 Å². The highest BCUT2D eigenvalue weighted by molar-refractivity contribution is 8.51. The molecule has 1 rings (SSSR count). The Balaban J connectivity index is 0.000000344. The van der Waals surface area contributed by atoms with E-state index in [1.165, 1.54) is 10.7 Å². The molecule has 0 N–H and O–H groups in total. The van der Waals surface area contributed by atoms with Crippen LogP contribution in [0.4, 0.5) is 0 Å². The maximum atomic E-state index is 10.9. The number of hydrogen-bond donors (Lipinski definition) is 1. The number of thiol groups is 1. The molecule has 1 aromatic heterocycles. The van der Waals surface area contributed by atoms with Crippen molar-refractivity contribution in [2.75, 3.05) is 13.2 Å². The van der Waals surface area contributed by atoms with Crippen LogP contribution < -0.4 is 5.56 Å². The first-order valence-electron chi connectivity index (χ1n) is 5.62. The number of aromatic nitrogens is 2. The number of aryl methyl sites for hydroxylation is 1. The van der Waals surface area contributed by atoms with E-state index in [0.717, 1.165) is 5.69 Å². The summed E-state index contributed by atoms with van der Waals surface area (Å²) in [6.07, 6.45) is 0. The molecule has 0 fully saturated rings. The minimum atomic E-state index is -2.28. The third-order valence-electron chi connectivity index (χ3n) is 1.71. The number of hydrogen-bond acceptors (Lipinski definition) is 7. The summed E-state index contributed by atoms with van der Waals surface area (Å²) in [6.45, 7) is 6.62. The van der Waals surface area contributed by atoms with Crippen molar-refractivity contribution >= 4 is 42.4 Å². The molecule has 19 heavy (non-hydrogen) atoms. The van der Waals surface area contributed by atoms with E-state index in [2.05, 4.69) is 17.7 Å². The topological polar surface area (TPSA) is 53.4 Å². The molecule has 1 aromatic rings. The molecular formula is C10H18N2O3PS3-. The Kier molecular flexibility index (Phi) is 10.0. The van der Waals surface area contributed by atoms with Crippen LogP contribution in [0.1, 0.15) is 19.5 Å². The standard InChI is InChI=1S/C6H8N2OS.C4H11O2PS2/c1-5-2-3-6(9)8(4-10)7-5;1-3-5-7(8,9)6-4-2/h2-3,10H,4H2,1H3;3-4H2,1-2H3,(H,8,9)/p-1. The van der Waals surface area contributed by atoms with E-state index in [4.69, 9.17) is 33.1 Å². The molecule has 0 aliphatic carbocycles. The van der Waals surface area contributed by atoms with Crippen molar-refractivity contribution in [3.05, 3.63) is 28.2 Å². The van der Waals surface area contributed by atoms with Gasteiger partial charge < -0.3 is 21.3 Å². The minimum absolute atomic E-state index is 0.111. The third-order valence-corrected chi connectivity index (χ3v) is 4.39. The Morgan fingerprint density at radius 2 is 1.95 bits per heavy atom. The predicted octanol–water partition coefficient (Wildman–Crippen LogP) is 2.27. The highest BCUT2D eigenvalue weighted by Crippen LogP contribution is 2.45. The summed E-state index contributed by atoms with van der Waals surface area (Å²) in [5, 5.41) is 3.92. The first-order chi connectivity index (χ1) is 8.86. The Bertz CT molecular complexity index is 471. The molecule has 1 heterocycles. The molecule has 0 aromatic carbocycles. The fourth-order valence-corrected chi connectivity index (χ4v) is 3.18. The quantitative estimate of drug-likeness (QED) is 0.504. The Hall–Kier alpha value is 0.150. The Morgan fingerprint density at radius 3 is 2.32 bits per heavy atom. The summed E-state index contributed by atoms with van der Waals surface area (Å²) < 4.78 is 11.3. The van der Waals surface area contributed by atoms with E-state index in [1.54, 1.807) is 6.07 Å². The van der Waals surface area contributed by atoms with Gasteiger partial charge in [0.1, 0.15) is 0 Å². The first-order valence-corrected chi connectivity index (χ1v) is 9.90. The lowest BCUT2D eigenvalue weighted by Gasteiger charge is -2.26. The molecule has 0 saturated carbocycles. The van der Waals surface area contributed by atoms with E-state index in [9.17, 15) is 4.79 Å². The molecule has 0 amide bonds. The summed E-state index contributed by atoms with van der Waals surface area (Å²) in [6, 6.07) is 3.17. The van der Waals surface area contributed by atoms with Crippen molar-refractivity contribution in [1.29, 1.82) is 0 Å². The summed E-state index contributed by atoms with van der Waals surface area (Å²) >= 11 is 13.6. The van der Waals surface area contributed by atoms with Gasteiger partial charge in [0.25, 0.3) is 5.56 Å². The van der Waals surface area contributed by atoms with Crippen molar-refractivity contribution < 1.29 is 9.05 Å². The average Bonchev–Trinajstić information content (AvgIpc) is 2.33. The zero-order valence-electron chi connectivity index (χ0n) is 11.1. The van der Waals surface area contributed by atoms with Crippen LogP contribution in [0.5, 0.6) is 0 Å². The van der Waals surface area contributed by atoms with Crippen LogP contribution in [-0.4, -0.2) is 23.0 Å². The molecule has 0 bridgehead atoms. The van der Waals surface area contributed by atoms with Gasteiger partial charge in [-0.05, 0) is 26.8 Å². The zero-order valence-corrected chi connectivity index (χ0v) is 14.5. The maximum Gasteiger partial charge on any atom is 0.267 e.